The molecule has 0 fully saturated rings. The molecular weight excluding hydrogens is 496 g/mol. The minimum absolute atomic E-state index is 0.00663. The first-order valence-corrected chi connectivity index (χ1v) is 11.9. The first kappa shape index (κ1) is 26.7. The van der Waals surface area contributed by atoms with Crippen molar-refractivity contribution in [3.05, 3.63) is 70.8 Å². The van der Waals surface area contributed by atoms with Gasteiger partial charge >= 0.3 is 12.4 Å². The predicted molar refractivity (Wildman–Crippen MR) is 129 cm³/mol. The van der Waals surface area contributed by atoms with E-state index in [1.807, 2.05) is 13.8 Å². The average Bonchev–Trinajstić information content (AvgIpc) is 3.06. The van der Waals surface area contributed by atoms with Gasteiger partial charge in [-0.15, -0.1) is 0 Å². The van der Waals surface area contributed by atoms with Crippen molar-refractivity contribution in [1.29, 1.82) is 0 Å². The lowest BCUT2D eigenvalue weighted by atomic mass is 10.0. The van der Waals surface area contributed by atoms with Gasteiger partial charge in [0.25, 0.3) is 0 Å². The third-order valence-electron chi connectivity index (χ3n) is 6.43. The molecule has 1 atom stereocenters. The monoisotopic (exact) mass is 523 g/mol. The lowest BCUT2D eigenvalue weighted by Crippen LogP contribution is -2.29. The molecule has 11 heteroatoms. The number of alkyl halides is 6. The molecule has 0 amide bonds. The second-order valence-electron chi connectivity index (χ2n) is 9.38. The van der Waals surface area contributed by atoms with E-state index in [2.05, 4.69) is 15.3 Å². The molecule has 1 aliphatic rings. The largest absolute Gasteiger partial charge is 0.419 e. The maximum absolute atomic E-state index is 13.6. The Morgan fingerprint density at radius 2 is 1.57 bits per heavy atom. The van der Waals surface area contributed by atoms with Gasteiger partial charge in [-0.1, -0.05) is 26.0 Å². The number of halogens is 6. The van der Waals surface area contributed by atoms with Crippen molar-refractivity contribution in [2.24, 2.45) is 0 Å². The Morgan fingerprint density at radius 1 is 0.892 bits per heavy atom. The fourth-order valence-corrected chi connectivity index (χ4v) is 4.24. The van der Waals surface area contributed by atoms with Gasteiger partial charge in [-0.3, -0.25) is 0 Å². The van der Waals surface area contributed by atoms with Gasteiger partial charge in [-0.2, -0.15) is 26.3 Å². The fraction of sp³-hybridized carbons (Fsp3) is 0.423. The zero-order valence-corrected chi connectivity index (χ0v) is 20.6. The van der Waals surface area contributed by atoms with Gasteiger partial charge in [0.2, 0.25) is 0 Å². The quantitative estimate of drug-likeness (QED) is 0.364. The van der Waals surface area contributed by atoms with E-state index in [0.717, 1.165) is 24.2 Å². The van der Waals surface area contributed by atoms with Crippen LogP contribution in [0.3, 0.4) is 0 Å². The number of pyridine rings is 1. The molecule has 1 N–H and O–H groups in total. The summed E-state index contributed by atoms with van der Waals surface area (Å²) in [4.78, 5) is 15.0. The molecule has 198 valence electrons. The summed E-state index contributed by atoms with van der Waals surface area (Å²) in [6, 6.07) is 8.26. The predicted octanol–water partition coefficient (Wildman–Crippen LogP) is 7.03. The van der Waals surface area contributed by atoms with Crippen LogP contribution in [0.1, 0.15) is 60.8 Å². The summed E-state index contributed by atoms with van der Waals surface area (Å²) in [5.74, 6) is -0.643. The SMILES string of the molecule is CC(C)c1nc2c(c(Nc3ccc(C(C)C(F)(F)F)cc3)n1)CCN(c1ncccc1C(F)(F)F)CC2. The summed E-state index contributed by atoms with van der Waals surface area (Å²) in [7, 11) is 0. The molecule has 0 saturated heterocycles. The van der Waals surface area contributed by atoms with Crippen LogP contribution in [-0.2, 0) is 19.0 Å². The molecular formula is C26H27F6N5. The summed E-state index contributed by atoms with van der Waals surface area (Å²) in [5, 5.41) is 3.20. The highest BCUT2D eigenvalue weighted by molar-refractivity contribution is 5.62. The van der Waals surface area contributed by atoms with Gasteiger partial charge in [0.1, 0.15) is 17.5 Å². The van der Waals surface area contributed by atoms with E-state index in [1.54, 1.807) is 17.0 Å². The van der Waals surface area contributed by atoms with Crippen LogP contribution in [0.25, 0.3) is 0 Å². The van der Waals surface area contributed by atoms with Crippen LogP contribution in [0.15, 0.2) is 42.6 Å². The highest BCUT2D eigenvalue weighted by Crippen LogP contribution is 2.37. The second-order valence-corrected chi connectivity index (χ2v) is 9.38. The van der Waals surface area contributed by atoms with Crippen molar-refractivity contribution < 1.29 is 26.3 Å². The molecule has 37 heavy (non-hydrogen) atoms. The van der Waals surface area contributed by atoms with Crippen LogP contribution >= 0.6 is 0 Å². The summed E-state index contributed by atoms with van der Waals surface area (Å²) in [5.41, 5.74) is 1.41. The van der Waals surface area contributed by atoms with E-state index in [4.69, 9.17) is 4.98 Å². The van der Waals surface area contributed by atoms with Crippen molar-refractivity contribution in [1.82, 2.24) is 15.0 Å². The van der Waals surface area contributed by atoms with E-state index in [9.17, 15) is 26.3 Å². The molecule has 3 aromatic rings. The minimum atomic E-state index is -4.53. The Balaban J connectivity index is 1.64. The molecule has 3 heterocycles. The second kappa shape index (κ2) is 10.2. The van der Waals surface area contributed by atoms with Crippen molar-refractivity contribution in [3.63, 3.8) is 0 Å². The first-order chi connectivity index (χ1) is 17.3. The Labute approximate surface area is 211 Å². The topological polar surface area (TPSA) is 53.9 Å². The van der Waals surface area contributed by atoms with E-state index in [1.165, 1.54) is 24.4 Å². The van der Waals surface area contributed by atoms with E-state index >= 15 is 0 Å². The van der Waals surface area contributed by atoms with E-state index in [-0.39, 0.29) is 23.8 Å². The first-order valence-electron chi connectivity index (χ1n) is 11.9. The zero-order valence-electron chi connectivity index (χ0n) is 20.6. The highest BCUT2D eigenvalue weighted by Gasteiger charge is 2.37. The van der Waals surface area contributed by atoms with Crippen molar-refractivity contribution in [2.45, 2.75) is 57.8 Å². The Kier molecular flexibility index (Phi) is 7.34. The number of anilines is 3. The minimum Gasteiger partial charge on any atom is -0.355 e. The maximum atomic E-state index is 13.6. The number of aromatic nitrogens is 3. The number of nitrogens with one attached hydrogen (secondary N) is 1. The Morgan fingerprint density at radius 3 is 2.19 bits per heavy atom. The molecule has 5 nitrogen and oxygen atoms in total. The van der Waals surface area contributed by atoms with Crippen LogP contribution < -0.4 is 10.2 Å². The number of nitrogens with zero attached hydrogens (tertiary/aromatic N) is 4. The number of hydrogen-bond donors (Lipinski definition) is 1. The Hall–Kier alpha value is -3.37. The third kappa shape index (κ3) is 5.97. The third-order valence-corrected chi connectivity index (χ3v) is 6.43. The van der Waals surface area contributed by atoms with Crippen molar-refractivity contribution in [2.75, 3.05) is 23.3 Å². The van der Waals surface area contributed by atoms with Gasteiger partial charge in [-0.05, 0) is 43.2 Å². The molecule has 0 saturated carbocycles. The molecule has 0 spiro atoms. The van der Waals surface area contributed by atoms with Gasteiger partial charge in [0.15, 0.2) is 0 Å². The number of benzene rings is 1. The maximum Gasteiger partial charge on any atom is 0.419 e. The number of hydrogen-bond acceptors (Lipinski definition) is 5. The number of fused-ring (bicyclic) bond motifs is 1. The van der Waals surface area contributed by atoms with E-state index in [0.29, 0.717) is 36.7 Å². The smallest absolute Gasteiger partial charge is 0.355 e. The average molecular weight is 524 g/mol. The Bertz CT molecular complexity index is 1240. The molecule has 0 bridgehead atoms. The lowest BCUT2D eigenvalue weighted by Gasteiger charge is -2.24. The van der Waals surface area contributed by atoms with E-state index < -0.39 is 23.8 Å². The van der Waals surface area contributed by atoms with Crippen LogP contribution in [0.2, 0.25) is 0 Å². The molecule has 0 aliphatic carbocycles. The van der Waals surface area contributed by atoms with Gasteiger partial charge in [0.05, 0.1) is 17.2 Å². The van der Waals surface area contributed by atoms with Crippen LogP contribution in [0.4, 0.5) is 43.7 Å². The molecule has 4 rings (SSSR count). The van der Waals surface area contributed by atoms with Gasteiger partial charge < -0.3 is 10.2 Å². The molecule has 2 aromatic heterocycles. The van der Waals surface area contributed by atoms with Gasteiger partial charge in [0, 0.05) is 42.9 Å². The van der Waals surface area contributed by atoms with Gasteiger partial charge in [-0.25, -0.2) is 15.0 Å². The summed E-state index contributed by atoms with van der Waals surface area (Å²) < 4.78 is 80.0. The van der Waals surface area contributed by atoms with Crippen LogP contribution in [-0.4, -0.2) is 34.2 Å². The molecule has 1 aliphatic heterocycles. The summed E-state index contributed by atoms with van der Waals surface area (Å²) in [6.07, 6.45) is -6.77. The number of rotatable bonds is 5. The zero-order chi connectivity index (χ0) is 27.0. The normalized spacial score (nSPS) is 15.4. The fourth-order valence-electron chi connectivity index (χ4n) is 4.24. The van der Waals surface area contributed by atoms with Crippen LogP contribution in [0, 0.1) is 0 Å². The van der Waals surface area contributed by atoms with Crippen molar-refractivity contribution in [3.8, 4) is 0 Å². The summed E-state index contributed by atoms with van der Waals surface area (Å²) in [6.45, 7) is 5.55. The standard InChI is InChI=1S/C26H27F6N5/c1-15(2)22-35-21-11-14-37(24-20(26(30,31)32)5-4-12-33-24)13-10-19(21)23(36-22)34-18-8-6-17(7-9-18)16(3)25(27,28)29/h4-9,12,15-16H,10-11,13-14H2,1-3H3,(H,34,35,36). The molecule has 0 radical (unpaired) electrons. The molecule has 1 unspecified atom stereocenters. The van der Waals surface area contributed by atoms with Crippen molar-refractivity contribution >= 4 is 17.3 Å². The summed E-state index contributed by atoms with van der Waals surface area (Å²) >= 11 is 0. The van der Waals surface area contributed by atoms with Crippen LogP contribution in [0.5, 0.6) is 0 Å². The molecule has 1 aromatic carbocycles. The lowest BCUT2D eigenvalue weighted by molar-refractivity contribution is -0.146. The highest BCUT2D eigenvalue weighted by atomic mass is 19.4.